The molecule has 0 N–H and O–H groups in total. The lowest BCUT2D eigenvalue weighted by molar-refractivity contribution is 0.0604. The molecule has 0 aromatic carbocycles. The maximum Gasteiger partial charge on any atom is 0.434 e. The number of halogens is 2. The molecule has 1 aliphatic carbocycles. The SMILES string of the molecule is CC(C)(C)OC(=O)N=C1CCCCC1=Nc1nc(Cl)c(C#N)cc1F. The van der Waals surface area contributed by atoms with Gasteiger partial charge in [-0.2, -0.15) is 10.3 Å². The lowest BCUT2D eigenvalue weighted by Gasteiger charge is -2.19. The lowest BCUT2D eigenvalue weighted by atomic mass is 9.96. The predicted octanol–water partition coefficient (Wildman–Crippen LogP) is 4.77. The van der Waals surface area contributed by atoms with Crippen molar-refractivity contribution < 1.29 is 13.9 Å². The van der Waals surface area contributed by atoms with Crippen molar-refractivity contribution in [1.82, 2.24) is 4.98 Å². The number of carbonyl (C=O) groups is 1. The monoisotopic (exact) mass is 364 g/mol. The molecule has 1 aromatic rings. The first-order valence-corrected chi connectivity index (χ1v) is 8.22. The first-order valence-electron chi connectivity index (χ1n) is 7.84. The van der Waals surface area contributed by atoms with E-state index in [1.54, 1.807) is 26.8 Å². The number of ether oxygens (including phenoxy) is 1. The summed E-state index contributed by atoms with van der Waals surface area (Å²) in [6.45, 7) is 5.25. The number of pyridine rings is 1. The molecule has 0 radical (unpaired) electrons. The van der Waals surface area contributed by atoms with Gasteiger partial charge in [0.05, 0.1) is 17.0 Å². The zero-order valence-corrected chi connectivity index (χ0v) is 15.0. The molecule has 1 fully saturated rings. The van der Waals surface area contributed by atoms with E-state index in [9.17, 15) is 9.18 Å². The average Bonchev–Trinajstić information content (AvgIpc) is 2.50. The Labute approximate surface area is 150 Å². The first-order chi connectivity index (χ1) is 11.7. The number of amides is 1. The normalized spacial score (nSPS) is 18.2. The molecule has 0 bridgehead atoms. The maximum atomic E-state index is 14.1. The van der Waals surface area contributed by atoms with E-state index in [4.69, 9.17) is 21.6 Å². The van der Waals surface area contributed by atoms with Gasteiger partial charge in [-0.05, 0) is 52.5 Å². The van der Waals surface area contributed by atoms with Crippen molar-refractivity contribution in [2.24, 2.45) is 9.98 Å². The number of hydrogen-bond acceptors (Lipinski definition) is 5. The van der Waals surface area contributed by atoms with Gasteiger partial charge in [-0.3, -0.25) is 0 Å². The molecule has 8 heteroatoms. The van der Waals surface area contributed by atoms with E-state index in [1.165, 1.54) is 0 Å². The van der Waals surface area contributed by atoms with Gasteiger partial charge < -0.3 is 4.74 Å². The van der Waals surface area contributed by atoms with Gasteiger partial charge in [0.2, 0.25) is 0 Å². The third-order valence-electron chi connectivity index (χ3n) is 3.30. The van der Waals surface area contributed by atoms with E-state index >= 15 is 0 Å². The van der Waals surface area contributed by atoms with Crippen LogP contribution in [-0.4, -0.2) is 28.1 Å². The molecule has 1 aromatic heterocycles. The quantitative estimate of drug-likeness (QED) is 0.671. The van der Waals surface area contributed by atoms with Gasteiger partial charge >= 0.3 is 6.09 Å². The zero-order chi connectivity index (χ0) is 18.6. The molecule has 0 unspecified atom stereocenters. The van der Waals surface area contributed by atoms with Crippen LogP contribution in [0.15, 0.2) is 16.1 Å². The molecule has 0 saturated heterocycles. The highest BCUT2D eigenvalue weighted by atomic mass is 35.5. The molecule has 0 aliphatic heterocycles. The minimum Gasteiger partial charge on any atom is -0.442 e. The standard InChI is InChI=1S/C17H18ClFN4O2/c1-17(2,3)25-16(24)22-13-7-5-4-6-12(13)21-15-11(19)8-10(9-20)14(18)23-15/h8H,4-7H2,1-3H3. The molecule has 0 atom stereocenters. The van der Waals surface area contributed by atoms with Crippen molar-refractivity contribution in [2.45, 2.75) is 52.1 Å². The molecule has 1 heterocycles. The lowest BCUT2D eigenvalue weighted by Crippen LogP contribution is -2.25. The van der Waals surface area contributed by atoms with E-state index in [2.05, 4.69) is 15.0 Å². The second kappa shape index (κ2) is 7.70. The van der Waals surface area contributed by atoms with Crippen molar-refractivity contribution in [2.75, 3.05) is 0 Å². The molecular weight excluding hydrogens is 347 g/mol. The smallest absolute Gasteiger partial charge is 0.434 e. The third-order valence-corrected chi connectivity index (χ3v) is 3.59. The Kier molecular flexibility index (Phi) is 5.85. The van der Waals surface area contributed by atoms with Crippen molar-refractivity contribution in [1.29, 1.82) is 5.26 Å². The van der Waals surface area contributed by atoms with E-state index < -0.39 is 17.5 Å². The Morgan fingerprint density at radius 3 is 2.60 bits per heavy atom. The average molecular weight is 365 g/mol. The number of carbonyl (C=O) groups excluding carboxylic acids is 1. The Bertz CT molecular complexity index is 791. The molecule has 2 rings (SSSR count). The highest BCUT2D eigenvalue weighted by molar-refractivity contribution is 6.44. The van der Waals surface area contributed by atoms with Gasteiger partial charge in [0, 0.05) is 0 Å². The van der Waals surface area contributed by atoms with Gasteiger partial charge in [-0.25, -0.2) is 19.2 Å². The van der Waals surface area contributed by atoms with Gasteiger partial charge in [-0.1, -0.05) is 11.6 Å². The fraction of sp³-hybridized carbons (Fsp3) is 0.471. The molecule has 6 nitrogen and oxygen atoms in total. The van der Waals surface area contributed by atoms with Crippen molar-refractivity contribution in [3.8, 4) is 6.07 Å². The third kappa shape index (κ3) is 5.33. The number of hydrogen-bond donors (Lipinski definition) is 0. The fourth-order valence-corrected chi connectivity index (χ4v) is 2.43. The van der Waals surface area contributed by atoms with Crippen molar-refractivity contribution >= 4 is 34.9 Å². The number of aromatic nitrogens is 1. The Morgan fingerprint density at radius 1 is 1.36 bits per heavy atom. The summed E-state index contributed by atoms with van der Waals surface area (Å²) in [6, 6.07) is 2.74. The van der Waals surface area contributed by atoms with Crippen LogP contribution in [0.3, 0.4) is 0 Å². The van der Waals surface area contributed by atoms with Crippen LogP contribution in [0.4, 0.5) is 15.0 Å². The van der Waals surface area contributed by atoms with Crippen LogP contribution in [0, 0.1) is 17.1 Å². The minimum atomic E-state index is -0.754. The summed E-state index contributed by atoms with van der Waals surface area (Å²) in [6.07, 6.45) is 2.08. The van der Waals surface area contributed by atoms with Gasteiger partial charge in [0.25, 0.3) is 0 Å². The summed E-state index contributed by atoms with van der Waals surface area (Å²) in [5, 5.41) is 8.72. The summed E-state index contributed by atoms with van der Waals surface area (Å²) < 4.78 is 19.3. The van der Waals surface area contributed by atoms with E-state index in [1.807, 2.05) is 0 Å². The van der Waals surface area contributed by atoms with Crippen LogP contribution in [0.5, 0.6) is 0 Å². The number of aliphatic imine (C=N–C) groups is 2. The number of nitriles is 1. The molecule has 0 spiro atoms. The second-order valence-electron chi connectivity index (χ2n) is 6.55. The molecule has 25 heavy (non-hydrogen) atoms. The van der Waals surface area contributed by atoms with E-state index in [0.717, 1.165) is 18.9 Å². The van der Waals surface area contributed by atoms with E-state index in [-0.39, 0.29) is 16.5 Å². The first kappa shape index (κ1) is 19.0. The van der Waals surface area contributed by atoms with Crippen LogP contribution in [0.25, 0.3) is 0 Å². The summed E-state index contributed by atoms with van der Waals surface area (Å²) in [5.74, 6) is -0.978. The zero-order valence-electron chi connectivity index (χ0n) is 14.3. The molecule has 1 saturated carbocycles. The predicted molar refractivity (Wildman–Crippen MR) is 93.2 cm³/mol. The Morgan fingerprint density at radius 2 is 2.00 bits per heavy atom. The Balaban J connectivity index is 2.35. The second-order valence-corrected chi connectivity index (χ2v) is 6.91. The minimum absolute atomic E-state index is 0.0607. The summed E-state index contributed by atoms with van der Waals surface area (Å²) in [5.41, 5.74) is 0.224. The van der Waals surface area contributed by atoms with Gasteiger partial charge in [-0.15, -0.1) is 0 Å². The molecule has 1 amide bonds. The van der Waals surface area contributed by atoms with Crippen LogP contribution in [-0.2, 0) is 4.74 Å². The fourth-order valence-electron chi connectivity index (χ4n) is 2.25. The van der Waals surface area contributed by atoms with Gasteiger partial charge in [0.1, 0.15) is 16.8 Å². The topological polar surface area (TPSA) is 87.7 Å². The molecular formula is C17H18ClFN4O2. The van der Waals surface area contributed by atoms with Crippen LogP contribution in [0.1, 0.15) is 52.0 Å². The highest BCUT2D eigenvalue weighted by Gasteiger charge is 2.21. The summed E-state index contributed by atoms with van der Waals surface area (Å²) >= 11 is 5.84. The highest BCUT2D eigenvalue weighted by Crippen LogP contribution is 2.24. The Hall–Kier alpha value is -2.33. The van der Waals surface area contributed by atoms with Crippen LogP contribution >= 0.6 is 11.6 Å². The van der Waals surface area contributed by atoms with Crippen molar-refractivity contribution in [3.63, 3.8) is 0 Å². The molecule has 1 aliphatic rings. The number of rotatable bonds is 1. The molecule has 132 valence electrons. The summed E-state index contributed by atoms with van der Waals surface area (Å²) in [7, 11) is 0. The largest absolute Gasteiger partial charge is 0.442 e. The van der Waals surface area contributed by atoms with Gasteiger partial charge in [0.15, 0.2) is 11.6 Å². The van der Waals surface area contributed by atoms with E-state index in [0.29, 0.717) is 24.3 Å². The van der Waals surface area contributed by atoms with Crippen molar-refractivity contribution in [3.05, 3.63) is 22.6 Å². The number of nitrogens with zero attached hydrogens (tertiary/aromatic N) is 4. The summed E-state index contributed by atoms with van der Waals surface area (Å²) in [4.78, 5) is 23.9. The maximum absolute atomic E-state index is 14.1. The van der Waals surface area contributed by atoms with Crippen LogP contribution < -0.4 is 0 Å². The van der Waals surface area contributed by atoms with Crippen LogP contribution in [0.2, 0.25) is 5.15 Å².